The number of anilines is 1. The summed E-state index contributed by atoms with van der Waals surface area (Å²) in [6, 6.07) is 8.11. The van der Waals surface area contributed by atoms with Crippen molar-refractivity contribution in [1.82, 2.24) is 15.0 Å². The van der Waals surface area contributed by atoms with Crippen LogP contribution in [0.3, 0.4) is 0 Å². The van der Waals surface area contributed by atoms with Crippen molar-refractivity contribution in [1.29, 1.82) is 0 Å². The second-order valence-electron chi connectivity index (χ2n) is 3.91. The van der Waals surface area contributed by atoms with Crippen molar-refractivity contribution in [2.45, 2.75) is 13.3 Å². The molecule has 0 unspecified atom stereocenters. The lowest BCUT2D eigenvalue weighted by Crippen LogP contribution is -2.07. The minimum Gasteiger partial charge on any atom is -0.467 e. The van der Waals surface area contributed by atoms with E-state index in [-0.39, 0.29) is 0 Å². The van der Waals surface area contributed by atoms with Gasteiger partial charge in [0.1, 0.15) is 0 Å². The van der Waals surface area contributed by atoms with Gasteiger partial charge in [0, 0.05) is 16.6 Å². The van der Waals surface area contributed by atoms with Crippen LogP contribution in [-0.2, 0) is 0 Å². The van der Waals surface area contributed by atoms with Crippen molar-refractivity contribution in [2.75, 3.05) is 19.0 Å². The minimum absolute atomic E-state index is 0.309. The summed E-state index contributed by atoms with van der Waals surface area (Å²) in [5.74, 6) is 1.12. The van der Waals surface area contributed by atoms with Crippen molar-refractivity contribution in [3.05, 3.63) is 28.7 Å². The first kappa shape index (κ1) is 13.7. The second-order valence-corrected chi connectivity index (χ2v) is 4.82. The maximum atomic E-state index is 5.11. The zero-order valence-electron chi connectivity index (χ0n) is 10.9. The Morgan fingerprint density at radius 1 is 1.26 bits per heavy atom. The summed E-state index contributed by atoms with van der Waals surface area (Å²) >= 11 is 3.44. The Morgan fingerprint density at radius 3 is 2.79 bits per heavy atom. The van der Waals surface area contributed by atoms with E-state index in [1.807, 2.05) is 24.3 Å². The number of ether oxygens (including phenoxy) is 1. The number of nitrogens with zero attached hydrogens (tertiary/aromatic N) is 3. The summed E-state index contributed by atoms with van der Waals surface area (Å²) in [4.78, 5) is 12.8. The molecule has 0 amide bonds. The number of methoxy groups -OCH3 is 1. The predicted octanol–water partition coefficient (Wildman–Crippen LogP) is 3.13. The van der Waals surface area contributed by atoms with E-state index >= 15 is 0 Å². The van der Waals surface area contributed by atoms with Crippen molar-refractivity contribution >= 4 is 21.9 Å². The van der Waals surface area contributed by atoms with Crippen LogP contribution >= 0.6 is 15.9 Å². The van der Waals surface area contributed by atoms with Gasteiger partial charge in [-0.2, -0.15) is 15.0 Å². The van der Waals surface area contributed by atoms with E-state index in [0.29, 0.717) is 17.8 Å². The molecule has 0 saturated heterocycles. The number of halogens is 1. The van der Waals surface area contributed by atoms with Gasteiger partial charge in [-0.1, -0.05) is 35.0 Å². The van der Waals surface area contributed by atoms with Crippen LogP contribution < -0.4 is 10.1 Å². The molecule has 100 valence electrons. The molecule has 2 rings (SSSR count). The smallest absolute Gasteiger partial charge is 0.321 e. The van der Waals surface area contributed by atoms with Gasteiger partial charge in [0.25, 0.3) is 0 Å². The largest absolute Gasteiger partial charge is 0.467 e. The Balaban J connectivity index is 2.38. The fraction of sp³-hybridized carbons (Fsp3) is 0.308. The highest BCUT2D eigenvalue weighted by molar-refractivity contribution is 9.10. The van der Waals surface area contributed by atoms with E-state index in [2.05, 4.69) is 43.1 Å². The molecular weight excluding hydrogens is 308 g/mol. The molecule has 1 aromatic heterocycles. The third kappa shape index (κ3) is 3.64. The highest BCUT2D eigenvalue weighted by Crippen LogP contribution is 2.22. The van der Waals surface area contributed by atoms with E-state index in [1.165, 1.54) is 0 Å². The number of benzene rings is 1. The molecule has 2 aromatic rings. The lowest BCUT2D eigenvalue weighted by atomic mass is 10.2. The predicted molar refractivity (Wildman–Crippen MR) is 78.3 cm³/mol. The zero-order chi connectivity index (χ0) is 13.7. The molecule has 1 heterocycles. The van der Waals surface area contributed by atoms with Crippen molar-refractivity contribution in [2.24, 2.45) is 0 Å². The summed E-state index contributed by atoms with van der Waals surface area (Å²) in [6.45, 7) is 2.89. The maximum absolute atomic E-state index is 5.11. The van der Waals surface area contributed by atoms with Crippen LogP contribution in [0.15, 0.2) is 28.7 Å². The van der Waals surface area contributed by atoms with Gasteiger partial charge in [0.2, 0.25) is 5.95 Å². The highest BCUT2D eigenvalue weighted by atomic mass is 79.9. The Morgan fingerprint density at radius 2 is 2.11 bits per heavy atom. The van der Waals surface area contributed by atoms with Crippen LogP contribution in [0, 0.1) is 0 Å². The van der Waals surface area contributed by atoms with Gasteiger partial charge in [-0.3, -0.25) is 0 Å². The second kappa shape index (κ2) is 6.47. The van der Waals surface area contributed by atoms with Gasteiger partial charge < -0.3 is 10.1 Å². The fourth-order valence-electron chi connectivity index (χ4n) is 1.52. The molecule has 1 N–H and O–H groups in total. The Hall–Kier alpha value is -1.69. The van der Waals surface area contributed by atoms with Gasteiger partial charge in [-0.25, -0.2) is 0 Å². The normalized spacial score (nSPS) is 10.3. The Kier molecular flexibility index (Phi) is 4.68. The molecule has 19 heavy (non-hydrogen) atoms. The Labute approximate surface area is 120 Å². The molecule has 0 aliphatic heterocycles. The van der Waals surface area contributed by atoms with Crippen molar-refractivity contribution in [3.63, 3.8) is 0 Å². The molecule has 6 heteroatoms. The van der Waals surface area contributed by atoms with Crippen LogP contribution in [0.4, 0.5) is 5.95 Å². The molecule has 0 fully saturated rings. The van der Waals surface area contributed by atoms with E-state index in [1.54, 1.807) is 7.11 Å². The molecule has 0 atom stereocenters. The SMILES string of the molecule is CCCNc1nc(OC)nc(-c2cccc(Br)c2)n1. The highest BCUT2D eigenvalue weighted by Gasteiger charge is 2.08. The first-order valence-corrected chi connectivity index (χ1v) is 6.82. The minimum atomic E-state index is 0.309. The molecule has 5 nitrogen and oxygen atoms in total. The lowest BCUT2D eigenvalue weighted by molar-refractivity contribution is 0.379. The molecule has 0 aliphatic rings. The third-order valence-electron chi connectivity index (χ3n) is 2.41. The fourth-order valence-corrected chi connectivity index (χ4v) is 1.92. The molecule has 0 spiro atoms. The van der Waals surface area contributed by atoms with Crippen LogP contribution in [0.2, 0.25) is 0 Å². The van der Waals surface area contributed by atoms with Crippen LogP contribution in [-0.4, -0.2) is 28.6 Å². The Bertz CT molecular complexity index is 562. The average molecular weight is 323 g/mol. The van der Waals surface area contributed by atoms with Crippen molar-refractivity contribution < 1.29 is 4.74 Å². The number of hydrogen-bond acceptors (Lipinski definition) is 5. The van der Waals surface area contributed by atoms with Gasteiger partial charge >= 0.3 is 6.01 Å². The lowest BCUT2D eigenvalue weighted by Gasteiger charge is -2.07. The molecule has 0 bridgehead atoms. The number of rotatable bonds is 5. The monoisotopic (exact) mass is 322 g/mol. The van der Waals surface area contributed by atoms with Gasteiger partial charge in [0.05, 0.1) is 7.11 Å². The summed E-state index contributed by atoms with van der Waals surface area (Å²) in [6.07, 6.45) is 1.00. The van der Waals surface area contributed by atoms with Crippen LogP contribution in [0.1, 0.15) is 13.3 Å². The molecule has 0 saturated carbocycles. The first-order chi connectivity index (χ1) is 9.22. The standard InChI is InChI=1S/C13H15BrN4O/c1-3-7-15-12-16-11(17-13(18-12)19-2)9-5-4-6-10(14)8-9/h4-6,8H,3,7H2,1-2H3,(H,15,16,17,18). The molecule has 1 aromatic carbocycles. The summed E-state index contributed by atoms with van der Waals surface area (Å²) in [5.41, 5.74) is 0.912. The summed E-state index contributed by atoms with van der Waals surface area (Å²) in [5, 5.41) is 3.14. The first-order valence-electron chi connectivity index (χ1n) is 6.03. The van der Waals surface area contributed by atoms with E-state index in [4.69, 9.17) is 4.74 Å². The molecule has 0 aliphatic carbocycles. The van der Waals surface area contributed by atoms with E-state index < -0.39 is 0 Å². The molecular formula is C13H15BrN4O. The third-order valence-corrected chi connectivity index (χ3v) is 2.91. The topological polar surface area (TPSA) is 59.9 Å². The number of nitrogens with one attached hydrogen (secondary N) is 1. The maximum Gasteiger partial charge on any atom is 0.321 e. The van der Waals surface area contributed by atoms with E-state index in [0.717, 1.165) is 23.0 Å². The van der Waals surface area contributed by atoms with E-state index in [9.17, 15) is 0 Å². The van der Waals surface area contributed by atoms with Crippen molar-refractivity contribution in [3.8, 4) is 17.4 Å². The summed E-state index contributed by atoms with van der Waals surface area (Å²) < 4.78 is 6.09. The van der Waals surface area contributed by atoms with Crippen LogP contribution in [0.25, 0.3) is 11.4 Å². The van der Waals surface area contributed by atoms with Crippen LogP contribution in [0.5, 0.6) is 6.01 Å². The quantitative estimate of drug-likeness (QED) is 0.916. The number of aromatic nitrogens is 3. The van der Waals surface area contributed by atoms with Gasteiger partial charge in [-0.15, -0.1) is 0 Å². The van der Waals surface area contributed by atoms with Gasteiger partial charge in [-0.05, 0) is 18.6 Å². The zero-order valence-corrected chi connectivity index (χ0v) is 12.4. The van der Waals surface area contributed by atoms with Gasteiger partial charge in [0.15, 0.2) is 5.82 Å². The summed E-state index contributed by atoms with van der Waals surface area (Å²) in [7, 11) is 1.55. The average Bonchev–Trinajstić information content (AvgIpc) is 2.44. The number of hydrogen-bond donors (Lipinski definition) is 1. The molecule has 0 radical (unpaired) electrons.